The van der Waals surface area contributed by atoms with E-state index in [2.05, 4.69) is 74.8 Å². The highest BCUT2D eigenvalue weighted by Crippen LogP contribution is 2.35. The number of halogens is 1. The van der Waals surface area contributed by atoms with Gasteiger partial charge in [0.1, 0.15) is 11.4 Å². The molecular formula is C28H21ClN3O+. The summed E-state index contributed by atoms with van der Waals surface area (Å²) in [4.78, 5) is 0. The highest BCUT2D eigenvalue weighted by molar-refractivity contribution is 6.30. The Morgan fingerprint density at radius 2 is 1.61 bits per heavy atom. The van der Waals surface area contributed by atoms with Crippen molar-refractivity contribution in [3.05, 3.63) is 108 Å². The molecule has 0 saturated carbocycles. The van der Waals surface area contributed by atoms with Gasteiger partial charge in [-0.25, -0.2) is 8.80 Å². The molecule has 4 nitrogen and oxygen atoms in total. The molecule has 0 fully saturated rings. The predicted octanol–water partition coefficient (Wildman–Crippen LogP) is 6.90. The molecule has 0 amide bonds. The zero-order valence-corrected chi connectivity index (χ0v) is 18.8. The number of nitrogens with one attached hydrogen (secondary N) is 1. The number of hydrogen-bond acceptors (Lipinski definition) is 2. The molecule has 5 heteroatoms. The lowest BCUT2D eigenvalue weighted by atomic mass is 10.1. The van der Waals surface area contributed by atoms with Gasteiger partial charge in [0, 0.05) is 17.0 Å². The summed E-state index contributed by atoms with van der Waals surface area (Å²) in [6.07, 6.45) is 1.96. The summed E-state index contributed by atoms with van der Waals surface area (Å²) in [6.45, 7) is 0. The van der Waals surface area contributed by atoms with Gasteiger partial charge >= 0.3 is 0 Å². The topological polar surface area (TPSA) is 29.8 Å². The Hall–Kier alpha value is -4.02. The van der Waals surface area contributed by atoms with E-state index in [0.29, 0.717) is 5.02 Å². The Morgan fingerprint density at radius 3 is 2.39 bits per heavy atom. The highest BCUT2D eigenvalue weighted by Gasteiger charge is 2.25. The molecule has 6 aromatic rings. The summed E-state index contributed by atoms with van der Waals surface area (Å²) in [5.41, 5.74) is 5.34. The molecule has 0 spiro atoms. The molecule has 3 aromatic heterocycles. The van der Waals surface area contributed by atoms with Gasteiger partial charge in [-0.05, 0) is 41.8 Å². The molecule has 0 bridgehead atoms. The fraction of sp³-hybridized carbons (Fsp3) is 0.0357. The molecule has 0 aliphatic heterocycles. The first-order chi connectivity index (χ1) is 16.2. The van der Waals surface area contributed by atoms with Crippen LogP contribution in [0, 0.1) is 0 Å². The van der Waals surface area contributed by atoms with Gasteiger partial charge in [-0.3, -0.25) is 5.32 Å². The summed E-state index contributed by atoms with van der Waals surface area (Å²) in [5, 5.41) is 6.66. The van der Waals surface area contributed by atoms with Gasteiger partial charge in [0.2, 0.25) is 5.65 Å². The number of hydrogen-bond donors (Lipinski definition) is 1. The van der Waals surface area contributed by atoms with Gasteiger partial charge in [0.05, 0.1) is 24.0 Å². The number of benzene rings is 3. The molecule has 3 aromatic carbocycles. The monoisotopic (exact) mass is 450 g/mol. The van der Waals surface area contributed by atoms with Crippen LogP contribution in [0.15, 0.2) is 103 Å². The second-order valence-corrected chi connectivity index (χ2v) is 8.38. The number of imidazole rings is 1. The van der Waals surface area contributed by atoms with E-state index in [1.54, 1.807) is 7.11 Å². The minimum Gasteiger partial charge on any atom is -0.497 e. The minimum atomic E-state index is 0.673. The Kier molecular flexibility index (Phi) is 4.67. The van der Waals surface area contributed by atoms with Crippen LogP contribution in [0.1, 0.15) is 0 Å². The van der Waals surface area contributed by atoms with Crippen LogP contribution in [0.4, 0.5) is 11.5 Å². The van der Waals surface area contributed by atoms with Crippen molar-refractivity contribution in [3.8, 4) is 17.0 Å². The van der Waals surface area contributed by atoms with Gasteiger partial charge in [-0.2, -0.15) is 0 Å². The van der Waals surface area contributed by atoms with Crippen molar-refractivity contribution < 1.29 is 9.14 Å². The van der Waals surface area contributed by atoms with Gasteiger partial charge < -0.3 is 4.74 Å². The van der Waals surface area contributed by atoms with E-state index in [0.717, 1.165) is 45.1 Å². The normalized spacial score (nSPS) is 11.3. The number of fused-ring (bicyclic) bond motifs is 5. The molecule has 0 atom stereocenters. The third-order valence-corrected chi connectivity index (χ3v) is 6.20. The Morgan fingerprint density at radius 1 is 0.848 bits per heavy atom. The lowest BCUT2D eigenvalue weighted by Gasteiger charge is -2.07. The van der Waals surface area contributed by atoms with Gasteiger partial charge in [-0.1, -0.05) is 66.2 Å². The number of methoxy groups -OCH3 is 1. The average Bonchev–Trinajstić information content (AvgIpc) is 3.18. The Bertz CT molecular complexity index is 1620. The number of pyridine rings is 2. The quantitative estimate of drug-likeness (QED) is 0.296. The van der Waals surface area contributed by atoms with Crippen molar-refractivity contribution >= 4 is 45.0 Å². The molecule has 0 radical (unpaired) electrons. The van der Waals surface area contributed by atoms with Crippen LogP contribution in [0.3, 0.4) is 0 Å². The SMILES string of the molecule is COc1ccc(Nc2c3c4ccccc4cc(-c4ccccc4)n3c3ccc(Cl)c[n+]23)cc1. The molecule has 33 heavy (non-hydrogen) atoms. The van der Waals surface area contributed by atoms with E-state index in [1.807, 2.05) is 42.6 Å². The second kappa shape index (κ2) is 7.84. The van der Waals surface area contributed by atoms with Crippen molar-refractivity contribution in [1.82, 2.24) is 4.40 Å². The molecule has 6 rings (SSSR count). The lowest BCUT2D eigenvalue weighted by molar-refractivity contribution is -0.493. The van der Waals surface area contributed by atoms with Crippen molar-refractivity contribution in [3.63, 3.8) is 0 Å². The molecule has 3 heterocycles. The molecule has 1 N–H and O–H groups in total. The molecule has 0 saturated heterocycles. The third-order valence-electron chi connectivity index (χ3n) is 5.98. The maximum atomic E-state index is 6.46. The third kappa shape index (κ3) is 3.27. The molecule has 0 aliphatic carbocycles. The van der Waals surface area contributed by atoms with Crippen molar-refractivity contribution in [2.24, 2.45) is 0 Å². The first-order valence-corrected chi connectivity index (χ1v) is 11.1. The predicted molar refractivity (Wildman–Crippen MR) is 135 cm³/mol. The number of ether oxygens (including phenoxy) is 1. The molecule has 160 valence electrons. The van der Waals surface area contributed by atoms with Crippen molar-refractivity contribution in [1.29, 1.82) is 0 Å². The second-order valence-electron chi connectivity index (χ2n) is 7.94. The lowest BCUT2D eigenvalue weighted by Crippen LogP contribution is -2.22. The summed E-state index contributed by atoms with van der Waals surface area (Å²) < 4.78 is 9.76. The van der Waals surface area contributed by atoms with Crippen LogP contribution in [-0.2, 0) is 0 Å². The van der Waals surface area contributed by atoms with Crippen LogP contribution in [0.2, 0.25) is 5.02 Å². The van der Waals surface area contributed by atoms with E-state index in [9.17, 15) is 0 Å². The standard InChI is InChI=1S/C28H21ClN3O/c1-33-23-14-12-22(13-15-23)30-28-27-24-10-6-5-9-20(24)17-25(19-7-3-2-4-8-19)32(27)26-16-11-21(29)18-31(26)28/h2-18,30H,1H3/q+1. The molecular weight excluding hydrogens is 430 g/mol. The van der Waals surface area contributed by atoms with Crippen LogP contribution >= 0.6 is 11.6 Å². The van der Waals surface area contributed by atoms with Gasteiger partial charge in [0.15, 0.2) is 5.52 Å². The Labute approximate surface area is 196 Å². The molecule has 0 aliphatic rings. The maximum absolute atomic E-state index is 6.46. The van der Waals surface area contributed by atoms with Gasteiger partial charge in [0.25, 0.3) is 5.82 Å². The van der Waals surface area contributed by atoms with E-state index in [4.69, 9.17) is 16.3 Å². The van der Waals surface area contributed by atoms with Crippen molar-refractivity contribution in [2.45, 2.75) is 0 Å². The van der Waals surface area contributed by atoms with E-state index >= 15 is 0 Å². The fourth-order valence-electron chi connectivity index (χ4n) is 4.46. The maximum Gasteiger partial charge on any atom is 0.272 e. The summed E-state index contributed by atoms with van der Waals surface area (Å²) in [5.74, 6) is 1.77. The van der Waals surface area contributed by atoms with E-state index in [1.165, 1.54) is 5.39 Å². The Balaban J connectivity index is 1.74. The minimum absolute atomic E-state index is 0.673. The average molecular weight is 451 g/mol. The van der Waals surface area contributed by atoms with Crippen LogP contribution in [0.5, 0.6) is 5.75 Å². The van der Waals surface area contributed by atoms with Crippen molar-refractivity contribution in [2.75, 3.05) is 12.4 Å². The van der Waals surface area contributed by atoms with E-state index in [-0.39, 0.29) is 0 Å². The first kappa shape index (κ1) is 19.6. The largest absolute Gasteiger partial charge is 0.497 e. The van der Waals surface area contributed by atoms with Crippen LogP contribution in [-0.4, -0.2) is 11.5 Å². The molecule has 0 unspecified atom stereocenters. The summed E-state index contributed by atoms with van der Waals surface area (Å²) >= 11 is 6.46. The fourth-order valence-corrected chi connectivity index (χ4v) is 4.62. The number of rotatable bonds is 4. The summed E-state index contributed by atoms with van der Waals surface area (Å²) in [6, 6.07) is 33.2. The zero-order chi connectivity index (χ0) is 22.4. The number of anilines is 2. The van der Waals surface area contributed by atoms with Crippen LogP contribution < -0.4 is 14.5 Å². The number of aromatic nitrogens is 2. The smallest absolute Gasteiger partial charge is 0.272 e. The zero-order valence-electron chi connectivity index (χ0n) is 18.0. The first-order valence-electron chi connectivity index (χ1n) is 10.8. The van der Waals surface area contributed by atoms with Crippen LogP contribution in [0.25, 0.3) is 33.2 Å². The summed E-state index contributed by atoms with van der Waals surface area (Å²) in [7, 11) is 1.67. The van der Waals surface area contributed by atoms with E-state index < -0.39 is 0 Å². The number of nitrogens with zero attached hydrogens (tertiary/aromatic N) is 2. The highest BCUT2D eigenvalue weighted by atomic mass is 35.5. The van der Waals surface area contributed by atoms with Gasteiger partial charge in [-0.15, -0.1) is 0 Å².